The van der Waals surface area contributed by atoms with Crippen molar-refractivity contribution in [3.05, 3.63) is 50.4 Å². The Morgan fingerprint density at radius 3 is 1.72 bits per heavy atom. The lowest BCUT2D eigenvalue weighted by Crippen LogP contribution is -2.51. The van der Waals surface area contributed by atoms with Crippen molar-refractivity contribution in [1.82, 2.24) is 4.23 Å². The monoisotopic (exact) mass is 625 g/mol. The normalized spacial score (nSPS) is 13.5. The lowest BCUT2D eigenvalue weighted by atomic mass is 9.97. The van der Waals surface area contributed by atoms with E-state index < -0.39 is 27.4 Å². The van der Waals surface area contributed by atoms with Gasteiger partial charge in [0.1, 0.15) is 0 Å². The minimum Gasteiger partial charge on any atom is -0.486 e. The van der Waals surface area contributed by atoms with E-state index in [2.05, 4.69) is 106 Å². The Bertz CT molecular complexity index is 1410. The summed E-state index contributed by atoms with van der Waals surface area (Å²) in [5.74, 6) is 0.210. The Kier molecular flexibility index (Phi) is 11.2. The zero-order valence-corrected chi connectivity index (χ0v) is 31.6. The van der Waals surface area contributed by atoms with Crippen LogP contribution >= 0.6 is 0 Å². The van der Waals surface area contributed by atoms with Crippen molar-refractivity contribution in [2.75, 3.05) is 6.61 Å². The summed E-state index contributed by atoms with van der Waals surface area (Å²) >= 11 is 0. The first kappa shape index (κ1) is 35.5. The lowest BCUT2D eigenvalue weighted by Gasteiger charge is -2.44. The third kappa shape index (κ3) is 6.15. The fourth-order valence-electron chi connectivity index (χ4n) is 8.80. The fourth-order valence-corrected chi connectivity index (χ4v) is 21.0. The quantitative estimate of drug-likeness (QED) is 0.0958. The number of aryl methyl sites for hydroxylation is 1. The molecule has 0 amide bonds. The topological polar surface area (TPSA) is 57.5 Å². The third-order valence-electron chi connectivity index (χ3n) is 10.2. The molecular formula is C36H59NO4Si2. The van der Waals surface area contributed by atoms with Gasteiger partial charge in [-0.1, -0.05) is 89.2 Å². The van der Waals surface area contributed by atoms with Crippen LogP contribution in [0.1, 0.15) is 109 Å². The summed E-state index contributed by atoms with van der Waals surface area (Å²) in [7, 11) is -3.97. The Labute approximate surface area is 263 Å². The SMILES string of the molecule is CC(C)Oc1c(-c2ccc3c(c2)c(CCCO[Si](C(C)C)(C(C)C)C(C)C)cn3[Si](C(C)C)(C(C)C)C(C)C)c(=O)c1=O. The van der Waals surface area contributed by atoms with Gasteiger partial charge in [0.25, 0.3) is 5.43 Å². The second-order valence-corrected chi connectivity index (χ2v) is 26.1. The number of aromatic nitrogens is 1. The van der Waals surface area contributed by atoms with Crippen molar-refractivity contribution in [2.45, 2.75) is 149 Å². The number of rotatable bonds is 15. The first-order valence-electron chi connectivity index (χ1n) is 16.7. The van der Waals surface area contributed by atoms with Gasteiger partial charge in [-0.25, -0.2) is 0 Å². The maximum atomic E-state index is 12.8. The summed E-state index contributed by atoms with van der Waals surface area (Å²) in [5.41, 5.74) is 6.10. The van der Waals surface area contributed by atoms with Crippen molar-refractivity contribution in [1.29, 1.82) is 0 Å². The van der Waals surface area contributed by atoms with Crippen molar-refractivity contribution >= 4 is 27.5 Å². The first-order valence-corrected chi connectivity index (χ1v) is 21.1. The van der Waals surface area contributed by atoms with Gasteiger partial charge < -0.3 is 13.4 Å². The summed E-state index contributed by atoms with van der Waals surface area (Å²) < 4.78 is 15.4. The van der Waals surface area contributed by atoms with Crippen LogP contribution in [0.25, 0.3) is 22.0 Å². The van der Waals surface area contributed by atoms with E-state index in [1.54, 1.807) is 0 Å². The van der Waals surface area contributed by atoms with Crippen LogP contribution in [0.2, 0.25) is 33.2 Å². The minimum absolute atomic E-state index is 0.171. The molecular weight excluding hydrogens is 567 g/mol. The molecule has 3 aromatic rings. The molecule has 0 aliphatic rings. The molecule has 0 saturated heterocycles. The maximum Gasteiger partial charge on any atom is 0.268 e. The van der Waals surface area contributed by atoms with Crippen LogP contribution in [0.3, 0.4) is 0 Å². The second-order valence-electron chi connectivity index (χ2n) is 14.9. The van der Waals surface area contributed by atoms with Gasteiger partial charge in [0.2, 0.25) is 5.43 Å². The summed E-state index contributed by atoms with van der Waals surface area (Å²) in [6, 6.07) is 6.34. The molecule has 1 heterocycles. The van der Waals surface area contributed by atoms with Crippen LogP contribution in [-0.2, 0) is 10.8 Å². The summed E-state index contributed by atoms with van der Waals surface area (Å²) in [5, 5.41) is 1.18. The number of benzene rings is 1. The van der Waals surface area contributed by atoms with Crippen LogP contribution in [0.4, 0.5) is 0 Å². The predicted molar refractivity (Wildman–Crippen MR) is 190 cm³/mol. The highest BCUT2D eigenvalue weighted by atomic mass is 28.4. The average molecular weight is 626 g/mol. The molecule has 0 atom stereocenters. The van der Waals surface area contributed by atoms with E-state index >= 15 is 0 Å². The largest absolute Gasteiger partial charge is 0.486 e. The molecule has 0 fully saturated rings. The lowest BCUT2D eigenvalue weighted by molar-refractivity contribution is 0.238. The molecule has 240 valence electrons. The highest BCUT2D eigenvalue weighted by Gasteiger charge is 2.47. The van der Waals surface area contributed by atoms with Gasteiger partial charge in [-0.2, -0.15) is 0 Å². The predicted octanol–water partition coefficient (Wildman–Crippen LogP) is 9.84. The highest BCUT2D eigenvalue weighted by Crippen LogP contribution is 2.46. The second kappa shape index (κ2) is 13.6. The van der Waals surface area contributed by atoms with Gasteiger partial charge in [0.15, 0.2) is 22.3 Å². The zero-order valence-electron chi connectivity index (χ0n) is 29.6. The van der Waals surface area contributed by atoms with Crippen molar-refractivity contribution in [2.24, 2.45) is 0 Å². The molecule has 0 saturated carbocycles. The molecule has 2 aromatic carbocycles. The Hall–Kier alpha value is -1.97. The summed E-state index contributed by atoms with van der Waals surface area (Å²) in [4.78, 5) is 25.2. The van der Waals surface area contributed by atoms with Crippen molar-refractivity contribution in [3.8, 4) is 16.9 Å². The number of ether oxygens (including phenoxy) is 1. The molecule has 0 aliphatic heterocycles. The molecule has 5 nitrogen and oxygen atoms in total. The van der Waals surface area contributed by atoms with Gasteiger partial charge in [-0.3, -0.25) is 9.59 Å². The average Bonchev–Trinajstić information content (AvgIpc) is 3.24. The number of nitrogens with zero attached hydrogens (tertiary/aromatic N) is 1. The molecule has 0 radical (unpaired) electrons. The molecule has 0 aliphatic carbocycles. The standard InChI is InChI=1S/C36H59NO4Si2/c1-22(2)41-36-33(34(38)35(36)39)29-17-18-32-31(20-29)30(21-37(32)42(23(3)4,24(5)6)25(7)8)16-15-19-40-43(26(9)10,27(11)12)28(13)14/h17-18,20-28H,15-16,19H2,1-14H3. The smallest absolute Gasteiger partial charge is 0.268 e. The summed E-state index contributed by atoms with van der Waals surface area (Å²) in [6.07, 6.45) is 4.12. The Morgan fingerprint density at radius 2 is 1.26 bits per heavy atom. The maximum absolute atomic E-state index is 12.8. The Balaban J connectivity index is 2.14. The van der Waals surface area contributed by atoms with Gasteiger partial charge in [-0.05, 0) is 89.4 Å². The highest BCUT2D eigenvalue weighted by molar-refractivity contribution is 6.82. The molecule has 1 aromatic heterocycles. The zero-order chi connectivity index (χ0) is 32.6. The van der Waals surface area contributed by atoms with E-state index in [1.807, 2.05) is 19.9 Å². The molecule has 3 rings (SSSR count). The Morgan fingerprint density at radius 1 is 0.721 bits per heavy atom. The van der Waals surface area contributed by atoms with Crippen LogP contribution in [0.15, 0.2) is 34.0 Å². The first-order chi connectivity index (χ1) is 20.0. The van der Waals surface area contributed by atoms with E-state index in [1.165, 1.54) is 16.5 Å². The van der Waals surface area contributed by atoms with E-state index in [4.69, 9.17) is 9.16 Å². The van der Waals surface area contributed by atoms with E-state index in [0.29, 0.717) is 38.8 Å². The van der Waals surface area contributed by atoms with Crippen molar-refractivity contribution < 1.29 is 9.16 Å². The molecule has 0 spiro atoms. The van der Waals surface area contributed by atoms with Crippen LogP contribution in [0, 0.1) is 0 Å². The van der Waals surface area contributed by atoms with Gasteiger partial charge in [0.05, 0.1) is 11.7 Å². The van der Waals surface area contributed by atoms with Gasteiger partial charge >= 0.3 is 0 Å². The van der Waals surface area contributed by atoms with Crippen LogP contribution in [0.5, 0.6) is 5.75 Å². The number of hydrogen-bond acceptors (Lipinski definition) is 4. The van der Waals surface area contributed by atoms with Gasteiger partial charge in [-0.15, -0.1) is 0 Å². The van der Waals surface area contributed by atoms with Crippen LogP contribution < -0.4 is 15.6 Å². The van der Waals surface area contributed by atoms with E-state index in [0.717, 1.165) is 25.0 Å². The molecule has 7 heteroatoms. The molecule has 0 N–H and O–H groups in total. The van der Waals surface area contributed by atoms with E-state index in [-0.39, 0.29) is 11.9 Å². The van der Waals surface area contributed by atoms with Gasteiger partial charge in [0, 0.05) is 17.5 Å². The third-order valence-corrected chi connectivity index (χ3v) is 23.1. The molecule has 43 heavy (non-hydrogen) atoms. The molecule has 0 bridgehead atoms. The fraction of sp³-hybridized carbons (Fsp3) is 0.667. The summed E-state index contributed by atoms with van der Waals surface area (Å²) in [6.45, 7) is 32.9. The van der Waals surface area contributed by atoms with E-state index in [9.17, 15) is 9.59 Å². The molecule has 0 unspecified atom stereocenters. The van der Waals surface area contributed by atoms with Crippen LogP contribution in [-0.4, -0.2) is 33.5 Å². The van der Waals surface area contributed by atoms with Crippen molar-refractivity contribution in [3.63, 3.8) is 0 Å². The number of fused-ring (bicyclic) bond motifs is 1. The number of hydrogen-bond donors (Lipinski definition) is 0. The minimum atomic E-state index is -2.03.